The van der Waals surface area contributed by atoms with E-state index in [1.807, 2.05) is 31.2 Å². The van der Waals surface area contributed by atoms with Crippen molar-refractivity contribution in [2.45, 2.75) is 6.92 Å². The van der Waals surface area contributed by atoms with E-state index in [4.69, 9.17) is 9.47 Å². The van der Waals surface area contributed by atoms with E-state index in [0.717, 1.165) is 3.57 Å². The van der Waals surface area contributed by atoms with Crippen LogP contribution in [0.3, 0.4) is 0 Å². The summed E-state index contributed by atoms with van der Waals surface area (Å²) in [6.45, 7) is 2.36. The minimum absolute atomic E-state index is 0.00673. The first kappa shape index (κ1) is 18.8. The van der Waals surface area contributed by atoms with Crippen molar-refractivity contribution in [2.75, 3.05) is 19.0 Å². The Kier molecular flexibility index (Phi) is 6.83. The number of benzene rings is 2. The van der Waals surface area contributed by atoms with Gasteiger partial charge in [0.25, 0.3) is 5.91 Å². The molecule has 0 saturated heterocycles. The summed E-state index contributed by atoms with van der Waals surface area (Å²) in [5.74, 6) is 0.704. The van der Waals surface area contributed by atoms with Gasteiger partial charge in [-0.05, 0) is 65.4 Å². The first-order chi connectivity index (χ1) is 12.1. The molecule has 0 heterocycles. The molecule has 2 rings (SSSR count). The van der Waals surface area contributed by atoms with E-state index >= 15 is 0 Å². The van der Waals surface area contributed by atoms with Crippen molar-refractivity contribution in [3.05, 3.63) is 57.2 Å². The smallest absolute Gasteiger partial charge is 0.266 e. The minimum Gasteiger partial charge on any atom is -0.493 e. The molecule has 6 heteroatoms. The van der Waals surface area contributed by atoms with Crippen molar-refractivity contribution in [1.82, 2.24) is 0 Å². The fraction of sp³-hybridized carbons (Fsp3) is 0.158. The van der Waals surface area contributed by atoms with Crippen LogP contribution in [0.15, 0.2) is 48.0 Å². The average Bonchev–Trinajstić information content (AvgIpc) is 2.62. The zero-order valence-electron chi connectivity index (χ0n) is 13.9. The Morgan fingerprint density at radius 3 is 2.68 bits per heavy atom. The van der Waals surface area contributed by atoms with Crippen molar-refractivity contribution >= 4 is 40.3 Å². The van der Waals surface area contributed by atoms with Crippen molar-refractivity contribution in [1.29, 1.82) is 5.26 Å². The number of methoxy groups -OCH3 is 1. The molecule has 0 aliphatic heterocycles. The molecule has 1 amide bonds. The van der Waals surface area contributed by atoms with Gasteiger partial charge in [0.05, 0.1) is 19.4 Å². The standard InChI is InChI=1S/C19H17IN2O3/c1-3-25-18-11-13(8-9-17(18)24-2)10-14(12-21)19(23)22-16-7-5-4-6-15(16)20/h4-11H,3H2,1-2H3,(H,22,23)/b14-10-. The first-order valence-electron chi connectivity index (χ1n) is 7.57. The molecule has 2 aromatic carbocycles. The highest BCUT2D eigenvalue weighted by Crippen LogP contribution is 2.29. The highest BCUT2D eigenvalue weighted by molar-refractivity contribution is 14.1. The lowest BCUT2D eigenvalue weighted by molar-refractivity contribution is -0.112. The molecule has 25 heavy (non-hydrogen) atoms. The first-order valence-corrected chi connectivity index (χ1v) is 8.65. The summed E-state index contributed by atoms with van der Waals surface area (Å²) in [6.07, 6.45) is 1.52. The molecule has 0 fully saturated rings. The van der Waals surface area contributed by atoms with Crippen LogP contribution in [-0.4, -0.2) is 19.6 Å². The molecule has 5 nitrogen and oxygen atoms in total. The van der Waals surface area contributed by atoms with Gasteiger partial charge in [-0.15, -0.1) is 0 Å². The number of hydrogen-bond donors (Lipinski definition) is 1. The number of para-hydroxylation sites is 1. The Morgan fingerprint density at radius 2 is 2.04 bits per heavy atom. The van der Waals surface area contributed by atoms with Crippen molar-refractivity contribution < 1.29 is 14.3 Å². The number of carbonyl (C=O) groups excluding carboxylic acids is 1. The van der Waals surface area contributed by atoms with Gasteiger partial charge in [-0.25, -0.2) is 0 Å². The number of anilines is 1. The number of amides is 1. The number of nitrogens with zero attached hydrogens (tertiary/aromatic N) is 1. The van der Waals surface area contributed by atoms with Gasteiger partial charge >= 0.3 is 0 Å². The van der Waals surface area contributed by atoms with Gasteiger partial charge in [0.1, 0.15) is 11.6 Å². The van der Waals surface area contributed by atoms with Crippen LogP contribution < -0.4 is 14.8 Å². The summed E-state index contributed by atoms with van der Waals surface area (Å²) in [5.41, 5.74) is 1.35. The minimum atomic E-state index is -0.458. The van der Waals surface area contributed by atoms with Crippen molar-refractivity contribution in [2.24, 2.45) is 0 Å². The molecule has 1 N–H and O–H groups in total. The van der Waals surface area contributed by atoms with Crippen molar-refractivity contribution in [3.63, 3.8) is 0 Å². The van der Waals surface area contributed by atoms with Gasteiger partial charge in [0.15, 0.2) is 11.5 Å². The summed E-state index contributed by atoms with van der Waals surface area (Å²) < 4.78 is 11.6. The fourth-order valence-electron chi connectivity index (χ4n) is 2.12. The van der Waals surface area contributed by atoms with Crippen LogP contribution in [0.1, 0.15) is 12.5 Å². The van der Waals surface area contributed by atoms with Gasteiger partial charge in [-0.3, -0.25) is 4.79 Å². The molecule has 0 aromatic heterocycles. The van der Waals surface area contributed by atoms with Crippen LogP contribution in [0.5, 0.6) is 11.5 Å². The van der Waals surface area contributed by atoms with Crippen LogP contribution >= 0.6 is 22.6 Å². The Hall–Kier alpha value is -2.53. The topological polar surface area (TPSA) is 71.3 Å². The number of hydrogen-bond acceptors (Lipinski definition) is 4. The van der Waals surface area contributed by atoms with E-state index in [2.05, 4.69) is 27.9 Å². The molecule has 128 valence electrons. The number of carbonyl (C=O) groups is 1. The summed E-state index contributed by atoms with van der Waals surface area (Å²) in [4.78, 5) is 12.4. The lowest BCUT2D eigenvalue weighted by atomic mass is 10.1. The molecular weight excluding hydrogens is 431 g/mol. The Labute approximate surface area is 160 Å². The van der Waals surface area contributed by atoms with Crippen LogP contribution in [0.25, 0.3) is 6.08 Å². The average molecular weight is 448 g/mol. The predicted molar refractivity (Wildman–Crippen MR) is 106 cm³/mol. The lowest BCUT2D eigenvalue weighted by Crippen LogP contribution is -2.14. The van der Waals surface area contributed by atoms with E-state index in [-0.39, 0.29) is 5.57 Å². The van der Waals surface area contributed by atoms with E-state index < -0.39 is 5.91 Å². The second-order valence-electron chi connectivity index (χ2n) is 4.95. The van der Waals surface area contributed by atoms with Gasteiger partial charge < -0.3 is 14.8 Å². The maximum Gasteiger partial charge on any atom is 0.266 e. The SMILES string of the molecule is CCOc1cc(/C=C(/C#N)C(=O)Nc2ccccc2I)ccc1OC. The molecule has 0 radical (unpaired) electrons. The number of rotatable bonds is 6. The van der Waals surface area contributed by atoms with Crippen LogP contribution in [0, 0.1) is 14.9 Å². The van der Waals surface area contributed by atoms with Crippen LogP contribution in [0.4, 0.5) is 5.69 Å². The zero-order chi connectivity index (χ0) is 18.2. The van der Waals surface area contributed by atoms with Gasteiger partial charge in [-0.1, -0.05) is 18.2 Å². The predicted octanol–water partition coefficient (Wildman–Crippen LogP) is 4.24. The molecule has 2 aromatic rings. The highest BCUT2D eigenvalue weighted by atomic mass is 127. The highest BCUT2D eigenvalue weighted by Gasteiger charge is 2.12. The van der Waals surface area contributed by atoms with E-state index in [0.29, 0.717) is 29.4 Å². The van der Waals surface area contributed by atoms with Gasteiger partial charge in [0.2, 0.25) is 0 Å². The van der Waals surface area contributed by atoms with E-state index in [1.54, 1.807) is 31.4 Å². The van der Waals surface area contributed by atoms with Gasteiger partial charge in [-0.2, -0.15) is 5.26 Å². The van der Waals surface area contributed by atoms with Crippen LogP contribution in [0.2, 0.25) is 0 Å². The van der Waals surface area contributed by atoms with Crippen molar-refractivity contribution in [3.8, 4) is 17.6 Å². The third kappa shape index (κ3) is 4.97. The van der Waals surface area contributed by atoms with Crippen LogP contribution in [-0.2, 0) is 4.79 Å². The Bertz CT molecular complexity index is 841. The molecule has 0 bridgehead atoms. The molecule has 0 spiro atoms. The fourth-order valence-corrected chi connectivity index (χ4v) is 2.64. The maximum atomic E-state index is 12.4. The molecule has 0 aliphatic rings. The number of nitriles is 1. The Balaban J connectivity index is 2.28. The van der Waals surface area contributed by atoms with E-state index in [1.165, 1.54) is 6.08 Å². The zero-order valence-corrected chi connectivity index (χ0v) is 16.0. The molecular formula is C19H17IN2O3. The summed E-state index contributed by atoms with van der Waals surface area (Å²) in [5, 5.41) is 12.1. The number of nitrogens with one attached hydrogen (secondary N) is 1. The second-order valence-corrected chi connectivity index (χ2v) is 6.11. The molecule has 0 aliphatic carbocycles. The number of ether oxygens (including phenoxy) is 2. The maximum absolute atomic E-state index is 12.4. The molecule has 0 unspecified atom stereocenters. The number of halogens is 1. The largest absolute Gasteiger partial charge is 0.493 e. The quantitative estimate of drug-likeness (QED) is 0.408. The third-order valence-corrected chi connectivity index (χ3v) is 4.23. The molecule has 0 saturated carbocycles. The summed E-state index contributed by atoms with van der Waals surface area (Å²) in [6, 6.07) is 14.6. The normalized spacial score (nSPS) is 10.7. The monoisotopic (exact) mass is 448 g/mol. The Morgan fingerprint density at radius 1 is 1.28 bits per heavy atom. The lowest BCUT2D eigenvalue weighted by Gasteiger charge is -2.10. The van der Waals surface area contributed by atoms with Gasteiger partial charge in [0, 0.05) is 3.57 Å². The van der Waals surface area contributed by atoms with E-state index in [9.17, 15) is 10.1 Å². The third-order valence-electron chi connectivity index (χ3n) is 3.29. The summed E-state index contributed by atoms with van der Waals surface area (Å²) in [7, 11) is 1.56. The second kappa shape index (κ2) is 9.08. The summed E-state index contributed by atoms with van der Waals surface area (Å²) >= 11 is 2.13. The molecule has 0 atom stereocenters.